The fourth-order valence-corrected chi connectivity index (χ4v) is 8.99. The van der Waals surface area contributed by atoms with E-state index in [0.29, 0.717) is 0 Å². The molecular weight excluding hydrogens is 565 g/mol. The van der Waals surface area contributed by atoms with Crippen molar-refractivity contribution in [2.45, 2.75) is 50.8 Å². The van der Waals surface area contributed by atoms with Gasteiger partial charge in [-0.3, -0.25) is 0 Å². The Morgan fingerprint density at radius 3 is 1.74 bits per heavy atom. The van der Waals surface area contributed by atoms with Gasteiger partial charge in [0.05, 0.1) is 21.8 Å². The Hall–Kier alpha value is -3.56. The van der Waals surface area contributed by atoms with Crippen molar-refractivity contribution in [2.24, 2.45) is 0 Å². The van der Waals surface area contributed by atoms with Gasteiger partial charge in [-0.15, -0.1) is 0 Å². The number of benzene rings is 5. The van der Waals surface area contributed by atoms with Crippen molar-refractivity contribution < 1.29 is 8.95 Å². The Balaban J connectivity index is 1.55. The molecule has 0 radical (unpaired) electrons. The summed E-state index contributed by atoms with van der Waals surface area (Å²) in [5, 5.41) is 3.75. The first kappa shape index (κ1) is 29.5. The average Bonchev–Trinajstić information content (AvgIpc) is 3.01. The number of hydrogen-bond acceptors (Lipinski definition) is 2. The maximum absolute atomic E-state index is 13.5. The Kier molecular flexibility index (Phi) is 8.13. The summed E-state index contributed by atoms with van der Waals surface area (Å²) >= 11 is 0. The largest absolute Gasteiger partial charge is 0.456 e. The zero-order chi connectivity index (χ0) is 30.2. The molecule has 5 aromatic carbocycles. The number of para-hydroxylation sites is 2. The van der Waals surface area contributed by atoms with Gasteiger partial charge in [0, 0.05) is 27.4 Å². The molecule has 218 valence electrons. The van der Waals surface area contributed by atoms with Crippen molar-refractivity contribution in [3.8, 4) is 11.5 Å². The third-order valence-corrected chi connectivity index (χ3v) is 12.1. The molecule has 0 saturated heterocycles. The van der Waals surface area contributed by atoms with Crippen LogP contribution in [0.1, 0.15) is 62.9 Å². The lowest BCUT2D eigenvalue weighted by Gasteiger charge is -2.38. The first-order chi connectivity index (χ1) is 20.7. The summed E-state index contributed by atoms with van der Waals surface area (Å²) < 4.78 is 23.7. The maximum Gasteiger partial charge on any atom is 0.139 e. The van der Waals surface area contributed by atoms with Gasteiger partial charge in [-0.25, -0.2) is 8.93 Å². The zero-order valence-electron chi connectivity index (χ0n) is 25.4. The van der Waals surface area contributed by atoms with Gasteiger partial charge in [-0.2, -0.15) is 0 Å². The second kappa shape index (κ2) is 11.8. The number of nitrogens with one attached hydrogen (secondary N) is 1. The molecule has 5 aromatic rings. The highest BCUT2D eigenvalue weighted by atomic mass is 32.2. The number of ether oxygens (including phenoxy) is 1. The molecule has 0 aromatic heterocycles. The standard InChI is InChI=1S/C38H38NO2PS/c1-37(2,3)43(40)39-34(27-17-9-6-10-18-27)30-23-15-24-31-35(30)41-36-32(38(31,4)5)25-16-26-33(36)42(28-19-11-7-12-20-28)29-21-13-8-14-22-29/h6-26,34,39H,1-5H3/t34-,43+/m1/s1. The van der Waals surface area contributed by atoms with Crippen LogP contribution in [0.5, 0.6) is 11.5 Å². The Bertz CT molecular complexity index is 1710. The number of fused-ring (bicyclic) bond motifs is 2. The number of rotatable bonds is 7. The van der Waals surface area contributed by atoms with Gasteiger partial charge in [0.1, 0.15) is 11.5 Å². The molecule has 0 amide bonds. The van der Waals surface area contributed by atoms with Crippen molar-refractivity contribution >= 4 is 34.8 Å². The minimum atomic E-state index is -1.30. The molecule has 0 fully saturated rings. The summed E-state index contributed by atoms with van der Waals surface area (Å²) in [7, 11) is -2.18. The molecular formula is C38H38NO2PS. The summed E-state index contributed by atoms with van der Waals surface area (Å²) in [4.78, 5) is 0. The topological polar surface area (TPSA) is 38.3 Å². The summed E-state index contributed by atoms with van der Waals surface area (Å²) in [5.74, 6) is 1.77. The van der Waals surface area contributed by atoms with Crippen LogP contribution >= 0.6 is 7.92 Å². The van der Waals surface area contributed by atoms with E-state index in [1.54, 1.807) is 0 Å². The van der Waals surface area contributed by atoms with E-state index in [9.17, 15) is 4.21 Å². The molecule has 3 nitrogen and oxygen atoms in total. The summed E-state index contributed by atoms with van der Waals surface area (Å²) in [6.45, 7) is 10.6. The predicted octanol–water partition coefficient (Wildman–Crippen LogP) is 8.02. The lowest BCUT2D eigenvalue weighted by molar-refractivity contribution is 0.413. The fourth-order valence-electron chi connectivity index (χ4n) is 5.76. The lowest BCUT2D eigenvalue weighted by Crippen LogP contribution is -2.37. The third kappa shape index (κ3) is 5.72. The van der Waals surface area contributed by atoms with Crippen LogP contribution in [0.25, 0.3) is 0 Å². The predicted molar refractivity (Wildman–Crippen MR) is 183 cm³/mol. The molecule has 43 heavy (non-hydrogen) atoms. The molecule has 0 aliphatic carbocycles. The molecule has 1 aliphatic rings. The Morgan fingerprint density at radius 2 is 1.19 bits per heavy atom. The molecule has 1 heterocycles. The maximum atomic E-state index is 13.5. The monoisotopic (exact) mass is 603 g/mol. The molecule has 1 N–H and O–H groups in total. The van der Waals surface area contributed by atoms with Gasteiger partial charge in [-0.05, 0) is 44.9 Å². The average molecular weight is 604 g/mol. The van der Waals surface area contributed by atoms with Crippen molar-refractivity contribution in [3.63, 3.8) is 0 Å². The van der Waals surface area contributed by atoms with Gasteiger partial charge in [-0.1, -0.05) is 141 Å². The van der Waals surface area contributed by atoms with Gasteiger partial charge in [0.2, 0.25) is 0 Å². The van der Waals surface area contributed by atoms with Crippen molar-refractivity contribution in [3.05, 3.63) is 150 Å². The highest BCUT2D eigenvalue weighted by molar-refractivity contribution is 7.84. The smallest absolute Gasteiger partial charge is 0.139 e. The van der Waals surface area contributed by atoms with Gasteiger partial charge >= 0.3 is 0 Å². The van der Waals surface area contributed by atoms with Gasteiger partial charge in [0.25, 0.3) is 0 Å². The van der Waals surface area contributed by atoms with Crippen LogP contribution in [-0.4, -0.2) is 8.96 Å². The zero-order valence-corrected chi connectivity index (χ0v) is 27.1. The Labute approximate surface area is 259 Å². The molecule has 6 rings (SSSR count). The van der Waals surface area contributed by atoms with E-state index in [0.717, 1.165) is 28.2 Å². The molecule has 5 heteroatoms. The third-order valence-electron chi connectivity index (χ3n) is 8.09. The molecule has 0 bridgehead atoms. The van der Waals surface area contributed by atoms with Crippen LogP contribution < -0.4 is 25.4 Å². The van der Waals surface area contributed by atoms with E-state index in [4.69, 9.17) is 4.74 Å². The van der Waals surface area contributed by atoms with E-state index in [-0.39, 0.29) is 11.5 Å². The van der Waals surface area contributed by atoms with Crippen molar-refractivity contribution in [2.75, 3.05) is 0 Å². The lowest BCUT2D eigenvalue weighted by atomic mass is 9.74. The minimum absolute atomic E-state index is 0.312. The summed E-state index contributed by atoms with van der Waals surface area (Å²) in [6.07, 6.45) is 0. The van der Waals surface area contributed by atoms with Gasteiger partial charge in [0.15, 0.2) is 0 Å². The SMILES string of the molecule is CC1(C)c2cccc([C@H](N[S@@](=O)C(C)(C)C)c3ccccc3)c2Oc2c(P(c3ccccc3)c3ccccc3)cccc21. The van der Waals surface area contributed by atoms with E-state index in [2.05, 4.69) is 128 Å². The highest BCUT2D eigenvalue weighted by Gasteiger charge is 2.39. The fraction of sp³-hybridized carbons (Fsp3) is 0.211. The van der Waals surface area contributed by atoms with Crippen LogP contribution in [-0.2, 0) is 16.4 Å². The summed E-state index contributed by atoms with van der Waals surface area (Å²) in [5.41, 5.74) is 4.02. The molecule has 0 spiro atoms. The highest BCUT2D eigenvalue weighted by Crippen LogP contribution is 2.52. The molecule has 1 aliphatic heterocycles. The quantitative estimate of drug-likeness (QED) is 0.191. The van der Waals surface area contributed by atoms with E-state index >= 15 is 0 Å². The minimum Gasteiger partial charge on any atom is -0.456 e. The van der Waals surface area contributed by atoms with Crippen molar-refractivity contribution in [1.82, 2.24) is 4.72 Å². The first-order valence-corrected chi connectivity index (χ1v) is 17.2. The normalized spacial score (nSPS) is 15.2. The van der Waals surface area contributed by atoms with Crippen LogP contribution in [0.3, 0.4) is 0 Å². The molecule has 2 atom stereocenters. The van der Waals surface area contributed by atoms with Crippen LogP contribution in [0.4, 0.5) is 0 Å². The van der Waals surface area contributed by atoms with Crippen LogP contribution in [0.2, 0.25) is 0 Å². The second-order valence-electron chi connectivity index (χ2n) is 12.5. The van der Waals surface area contributed by atoms with Crippen LogP contribution in [0.15, 0.2) is 127 Å². The number of hydrogen-bond donors (Lipinski definition) is 1. The van der Waals surface area contributed by atoms with Gasteiger partial charge < -0.3 is 4.74 Å². The Morgan fingerprint density at radius 1 is 0.674 bits per heavy atom. The second-order valence-corrected chi connectivity index (χ2v) is 16.6. The van der Waals surface area contributed by atoms with Crippen LogP contribution in [0, 0.1) is 0 Å². The van der Waals surface area contributed by atoms with Crippen molar-refractivity contribution in [1.29, 1.82) is 0 Å². The first-order valence-electron chi connectivity index (χ1n) is 14.7. The van der Waals surface area contributed by atoms with E-state index < -0.39 is 23.7 Å². The molecule has 0 saturated carbocycles. The molecule has 0 unspecified atom stereocenters. The summed E-state index contributed by atoms with van der Waals surface area (Å²) in [6, 6.07) is 44.5. The van der Waals surface area contributed by atoms with E-state index in [1.807, 2.05) is 39.0 Å². The van der Waals surface area contributed by atoms with E-state index in [1.165, 1.54) is 21.5 Å².